The van der Waals surface area contributed by atoms with E-state index >= 15 is 0 Å². The molecule has 0 heterocycles. The normalized spacial score (nSPS) is 24.6. The number of rotatable bonds is 5. The van der Waals surface area contributed by atoms with Gasteiger partial charge in [0.05, 0.1) is 12.7 Å². The highest BCUT2D eigenvalue weighted by atomic mass is 16.6. The summed E-state index contributed by atoms with van der Waals surface area (Å²) in [6, 6.07) is 9.84. The molecule has 1 aromatic rings. The lowest BCUT2D eigenvalue weighted by atomic mass is 10.2. The van der Waals surface area contributed by atoms with Gasteiger partial charge in [-0.25, -0.2) is 0 Å². The minimum absolute atomic E-state index is 0.0843. The molecular formula is C16H20O5. The Labute approximate surface area is 124 Å². The first-order chi connectivity index (χ1) is 10.0. The van der Waals surface area contributed by atoms with Crippen molar-refractivity contribution in [3.63, 3.8) is 0 Å². The molecule has 0 aromatic heterocycles. The fourth-order valence-electron chi connectivity index (χ4n) is 2.52. The summed E-state index contributed by atoms with van der Waals surface area (Å²) in [6.07, 6.45) is 0.160. The molecule has 1 aromatic carbocycles. The first kappa shape index (κ1) is 15.5. The molecule has 2 rings (SSSR count). The summed E-state index contributed by atoms with van der Waals surface area (Å²) >= 11 is 0. The standard InChI is InChI=1S/C16H20O5/c1-11(17)20-15-8-14(9-16(15)21-12(2)18)19-10-13-6-4-3-5-7-13/h3-7,14-16H,8-10H2,1-2H3/t14?,15-,16+. The molecule has 1 saturated carbocycles. The van der Waals surface area contributed by atoms with Crippen LogP contribution in [0, 0.1) is 0 Å². The third-order valence-electron chi connectivity index (χ3n) is 3.37. The van der Waals surface area contributed by atoms with Crippen LogP contribution in [-0.4, -0.2) is 30.3 Å². The molecule has 0 saturated heterocycles. The van der Waals surface area contributed by atoms with Crippen molar-refractivity contribution in [2.75, 3.05) is 0 Å². The highest BCUT2D eigenvalue weighted by Gasteiger charge is 2.39. The largest absolute Gasteiger partial charge is 0.459 e. The van der Waals surface area contributed by atoms with E-state index in [9.17, 15) is 9.59 Å². The van der Waals surface area contributed by atoms with E-state index in [0.717, 1.165) is 5.56 Å². The Morgan fingerprint density at radius 3 is 2.00 bits per heavy atom. The Bertz CT molecular complexity index is 461. The van der Waals surface area contributed by atoms with E-state index in [1.807, 2.05) is 30.3 Å². The van der Waals surface area contributed by atoms with Crippen molar-refractivity contribution in [3.8, 4) is 0 Å². The highest BCUT2D eigenvalue weighted by molar-refractivity contribution is 5.67. The van der Waals surface area contributed by atoms with E-state index in [0.29, 0.717) is 19.4 Å². The Hall–Kier alpha value is -1.88. The van der Waals surface area contributed by atoms with Gasteiger partial charge in [-0.15, -0.1) is 0 Å². The van der Waals surface area contributed by atoms with Crippen molar-refractivity contribution >= 4 is 11.9 Å². The average molecular weight is 292 g/mol. The van der Waals surface area contributed by atoms with E-state index < -0.39 is 12.2 Å². The molecule has 1 aliphatic carbocycles. The van der Waals surface area contributed by atoms with Crippen LogP contribution in [0.3, 0.4) is 0 Å². The van der Waals surface area contributed by atoms with Gasteiger partial charge in [0.25, 0.3) is 0 Å². The van der Waals surface area contributed by atoms with Crippen LogP contribution in [0.2, 0.25) is 0 Å². The maximum Gasteiger partial charge on any atom is 0.303 e. The summed E-state index contributed by atoms with van der Waals surface area (Å²) in [5, 5.41) is 0. The smallest absolute Gasteiger partial charge is 0.303 e. The zero-order chi connectivity index (χ0) is 15.2. The zero-order valence-corrected chi connectivity index (χ0v) is 12.3. The van der Waals surface area contributed by atoms with Crippen LogP contribution in [0.1, 0.15) is 32.3 Å². The maximum absolute atomic E-state index is 11.1. The molecule has 1 unspecified atom stereocenters. The minimum atomic E-state index is -0.424. The van der Waals surface area contributed by atoms with Crippen LogP contribution in [-0.2, 0) is 30.4 Å². The second-order valence-electron chi connectivity index (χ2n) is 5.19. The van der Waals surface area contributed by atoms with Crippen molar-refractivity contribution in [2.24, 2.45) is 0 Å². The van der Waals surface area contributed by atoms with E-state index in [1.54, 1.807) is 0 Å². The first-order valence-corrected chi connectivity index (χ1v) is 7.04. The quantitative estimate of drug-likeness (QED) is 0.779. The molecule has 0 N–H and O–H groups in total. The van der Waals surface area contributed by atoms with Gasteiger partial charge in [-0.3, -0.25) is 9.59 Å². The molecule has 5 nitrogen and oxygen atoms in total. The van der Waals surface area contributed by atoms with E-state index in [4.69, 9.17) is 14.2 Å². The number of esters is 2. The van der Waals surface area contributed by atoms with Gasteiger partial charge in [-0.1, -0.05) is 30.3 Å². The van der Waals surface area contributed by atoms with Crippen LogP contribution in [0.15, 0.2) is 30.3 Å². The molecule has 5 heteroatoms. The van der Waals surface area contributed by atoms with Gasteiger partial charge in [-0.2, -0.15) is 0 Å². The number of carbonyl (C=O) groups is 2. The fourth-order valence-corrected chi connectivity index (χ4v) is 2.52. The number of hydrogen-bond donors (Lipinski definition) is 0. The Balaban J connectivity index is 1.89. The van der Waals surface area contributed by atoms with Gasteiger partial charge in [0.1, 0.15) is 12.2 Å². The fraction of sp³-hybridized carbons (Fsp3) is 0.500. The summed E-state index contributed by atoms with van der Waals surface area (Å²) in [7, 11) is 0. The average Bonchev–Trinajstić information content (AvgIpc) is 2.78. The lowest BCUT2D eigenvalue weighted by molar-refractivity contribution is -0.162. The third kappa shape index (κ3) is 4.86. The molecule has 3 atom stereocenters. The molecule has 21 heavy (non-hydrogen) atoms. The Morgan fingerprint density at radius 1 is 1.00 bits per heavy atom. The highest BCUT2D eigenvalue weighted by Crippen LogP contribution is 2.28. The van der Waals surface area contributed by atoms with Gasteiger partial charge in [0.15, 0.2) is 0 Å². The van der Waals surface area contributed by atoms with Crippen LogP contribution in [0.5, 0.6) is 0 Å². The van der Waals surface area contributed by atoms with Gasteiger partial charge in [-0.05, 0) is 5.56 Å². The topological polar surface area (TPSA) is 61.8 Å². The van der Waals surface area contributed by atoms with Crippen molar-refractivity contribution in [2.45, 2.75) is 51.6 Å². The summed E-state index contributed by atoms with van der Waals surface area (Å²) in [5.41, 5.74) is 1.08. The molecular weight excluding hydrogens is 272 g/mol. The second kappa shape index (κ2) is 7.22. The molecule has 0 aliphatic heterocycles. The predicted octanol–water partition coefficient (Wildman–Crippen LogP) is 2.23. The summed E-state index contributed by atoms with van der Waals surface area (Å²) < 4.78 is 16.3. The SMILES string of the molecule is CC(=O)O[C@H]1CC(OCc2ccccc2)C[C@H]1OC(C)=O. The number of ether oxygens (including phenoxy) is 3. The zero-order valence-electron chi connectivity index (χ0n) is 12.3. The van der Waals surface area contributed by atoms with Crippen LogP contribution >= 0.6 is 0 Å². The van der Waals surface area contributed by atoms with Gasteiger partial charge < -0.3 is 14.2 Å². The molecule has 0 bridgehead atoms. The summed E-state index contributed by atoms with van der Waals surface area (Å²) in [5.74, 6) is -0.748. The molecule has 1 fully saturated rings. The minimum Gasteiger partial charge on any atom is -0.459 e. The lowest BCUT2D eigenvalue weighted by Crippen LogP contribution is -2.29. The first-order valence-electron chi connectivity index (χ1n) is 7.04. The Morgan fingerprint density at radius 2 is 1.52 bits per heavy atom. The lowest BCUT2D eigenvalue weighted by Gasteiger charge is -2.18. The maximum atomic E-state index is 11.1. The molecule has 114 valence electrons. The molecule has 0 amide bonds. The number of carbonyl (C=O) groups excluding carboxylic acids is 2. The van der Waals surface area contributed by atoms with Gasteiger partial charge >= 0.3 is 11.9 Å². The number of benzene rings is 1. The molecule has 0 spiro atoms. The van der Waals surface area contributed by atoms with Crippen LogP contribution in [0.25, 0.3) is 0 Å². The third-order valence-corrected chi connectivity index (χ3v) is 3.37. The number of hydrogen-bond acceptors (Lipinski definition) is 5. The Kier molecular flexibility index (Phi) is 5.33. The van der Waals surface area contributed by atoms with Crippen molar-refractivity contribution in [1.29, 1.82) is 0 Å². The van der Waals surface area contributed by atoms with Crippen molar-refractivity contribution in [3.05, 3.63) is 35.9 Å². The monoisotopic (exact) mass is 292 g/mol. The van der Waals surface area contributed by atoms with Crippen molar-refractivity contribution < 1.29 is 23.8 Å². The molecule has 0 radical (unpaired) electrons. The van der Waals surface area contributed by atoms with Gasteiger partial charge in [0, 0.05) is 26.7 Å². The second-order valence-corrected chi connectivity index (χ2v) is 5.19. The molecule has 1 aliphatic rings. The van der Waals surface area contributed by atoms with E-state index in [2.05, 4.69) is 0 Å². The van der Waals surface area contributed by atoms with E-state index in [1.165, 1.54) is 13.8 Å². The predicted molar refractivity (Wildman–Crippen MR) is 75.4 cm³/mol. The summed E-state index contributed by atoms with van der Waals surface area (Å²) in [4.78, 5) is 22.2. The van der Waals surface area contributed by atoms with Crippen LogP contribution < -0.4 is 0 Å². The van der Waals surface area contributed by atoms with Crippen molar-refractivity contribution in [1.82, 2.24) is 0 Å². The van der Waals surface area contributed by atoms with E-state index in [-0.39, 0.29) is 18.0 Å². The van der Waals surface area contributed by atoms with Gasteiger partial charge in [0.2, 0.25) is 0 Å². The van der Waals surface area contributed by atoms with Crippen LogP contribution in [0.4, 0.5) is 0 Å². The summed E-state index contributed by atoms with van der Waals surface area (Å²) in [6.45, 7) is 3.19.